The number of rotatable bonds is 6. The summed E-state index contributed by atoms with van der Waals surface area (Å²) in [5.41, 5.74) is 1.10. The van der Waals surface area contributed by atoms with E-state index in [1.54, 1.807) is 7.11 Å². The maximum Gasteiger partial charge on any atom is 0.119 e. The van der Waals surface area contributed by atoms with E-state index >= 15 is 0 Å². The molecule has 0 bridgehead atoms. The van der Waals surface area contributed by atoms with Gasteiger partial charge in [-0.2, -0.15) is 5.26 Å². The lowest BCUT2D eigenvalue weighted by Crippen LogP contribution is -2.41. The minimum absolute atomic E-state index is 0.130. The van der Waals surface area contributed by atoms with Gasteiger partial charge in [-0.3, -0.25) is 4.90 Å². The molecule has 2 fully saturated rings. The summed E-state index contributed by atoms with van der Waals surface area (Å²) in [6.07, 6.45) is 5.69. The molecule has 0 aromatic heterocycles. The highest BCUT2D eigenvalue weighted by Crippen LogP contribution is 2.46. The Bertz CT molecular complexity index is 569. The van der Waals surface area contributed by atoms with E-state index in [0.717, 1.165) is 57.4 Å². The monoisotopic (exact) mass is 314 g/mol. The maximum atomic E-state index is 9.77. The number of nitriles is 1. The van der Waals surface area contributed by atoms with Gasteiger partial charge in [-0.15, -0.1) is 0 Å². The SMILES string of the molecule is COc1cccc(CN(CC2(C#N)CC2)C2CCC(O)CC2)c1. The van der Waals surface area contributed by atoms with Crippen molar-refractivity contribution in [3.63, 3.8) is 0 Å². The van der Waals surface area contributed by atoms with Gasteiger partial charge in [0.2, 0.25) is 0 Å². The zero-order valence-corrected chi connectivity index (χ0v) is 13.9. The minimum atomic E-state index is -0.143. The second-order valence-corrected chi connectivity index (χ2v) is 7.11. The Morgan fingerprint density at radius 3 is 2.65 bits per heavy atom. The van der Waals surface area contributed by atoms with E-state index in [0.29, 0.717) is 6.04 Å². The van der Waals surface area contributed by atoms with E-state index in [1.165, 1.54) is 5.56 Å². The quantitative estimate of drug-likeness (QED) is 0.876. The second kappa shape index (κ2) is 6.90. The van der Waals surface area contributed by atoms with Crippen molar-refractivity contribution in [2.75, 3.05) is 13.7 Å². The highest BCUT2D eigenvalue weighted by Gasteiger charge is 2.45. The zero-order valence-electron chi connectivity index (χ0n) is 13.9. The average Bonchev–Trinajstić information content (AvgIpc) is 3.35. The van der Waals surface area contributed by atoms with Crippen LogP contribution in [0.5, 0.6) is 5.75 Å². The number of methoxy groups -OCH3 is 1. The van der Waals surface area contributed by atoms with E-state index in [4.69, 9.17) is 4.74 Å². The minimum Gasteiger partial charge on any atom is -0.497 e. The summed E-state index contributed by atoms with van der Waals surface area (Å²) in [6.45, 7) is 1.70. The molecular formula is C19H26N2O2. The molecule has 0 amide bonds. The zero-order chi connectivity index (χ0) is 16.3. The van der Waals surface area contributed by atoms with Crippen molar-refractivity contribution in [1.29, 1.82) is 5.26 Å². The largest absolute Gasteiger partial charge is 0.497 e. The summed E-state index contributed by atoms with van der Waals surface area (Å²) in [6, 6.07) is 11.2. The number of aliphatic hydroxyl groups excluding tert-OH is 1. The fourth-order valence-electron chi connectivity index (χ4n) is 3.59. The van der Waals surface area contributed by atoms with Crippen molar-refractivity contribution in [1.82, 2.24) is 4.90 Å². The van der Waals surface area contributed by atoms with Crippen LogP contribution >= 0.6 is 0 Å². The molecule has 0 aliphatic heterocycles. The molecule has 0 radical (unpaired) electrons. The first-order valence-electron chi connectivity index (χ1n) is 8.60. The third-order valence-electron chi connectivity index (χ3n) is 5.30. The lowest BCUT2D eigenvalue weighted by Gasteiger charge is -2.37. The van der Waals surface area contributed by atoms with E-state index in [1.807, 2.05) is 12.1 Å². The van der Waals surface area contributed by atoms with Crippen LogP contribution in [0.3, 0.4) is 0 Å². The lowest BCUT2D eigenvalue weighted by atomic mass is 9.90. The molecule has 2 saturated carbocycles. The molecule has 0 heterocycles. The lowest BCUT2D eigenvalue weighted by molar-refractivity contribution is 0.0640. The number of aliphatic hydroxyl groups is 1. The molecule has 2 aliphatic carbocycles. The van der Waals surface area contributed by atoms with Gasteiger partial charge in [0.15, 0.2) is 0 Å². The molecule has 0 spiro atoms. The molecule has 3 rings (SSSR count). The molecule has 0 atom stereocenters. The topological polar surface area (TPSA) is 56.5 Å². The Hall–Kier alpha value is -1.57. The first kappa shape index (κ1) is 16.3. The van der Waals surface area contributed by atoms with Crippen LogP contribution < -0.4 is 4.74 Å². The van der Waals surface area contributed by atoms with Gasteiger partial charge in [0, 0.05) is 19.1 Å². The highest BCUT2D eigenvalue weighted by molar-refractivity contribution is 5.28. The number of nitrogens with zero attached hydrogens (tertiary/aromatic N) is 2. The van der Waals surface area contributed by atoms with Crippen LogP contribution in [0.25, 0.3) is 0 Å². The van der Waals surface area contributed by atoms with Gasteiger partial charge in [-0.25, -0.2) is 0 Å². The van der Waals surface area contributed by atoms with Crippen LogP contribution in [0.15, 0.2) is 24.3 Å². The third kappa shape index (κ3) is 4.04. The Kier molecular flexibility index (Phi) is 4.89. The van der Waals surface area contributed by atoms with Crippen molar-refractivity contribution in [2.45, 2.75) is 57.2 Å². The van der Waals surface area contributed by atoms with Gasteiger partial charge < -0.3 is 9.84 Å². The first-order valence-corrected chi connectivity index (χ1v) is 8.60. The van der Waals surface area contributed by atoms with Gasteiger partial charge in [0.1, 0.15) is 5.75 Å². The van der Waals surface area contributed by atoms with Crippen molar-refractivity contribution < 1.29 is 9.84 Å². The normalized spacial score (nSPS) is 25.8. The van der Waals surface area contributed by atoms with E-state index < -0.39 is 0 Å². The molecule has 23 heavy (non-hydrogen) atoms. The second-order valence-electron chi connectivity index (χ2n) is 7.11. The number of ether oxygens (including phenoxy) is 1. The van der Waals surface area contributed by atoms with Gasteiger partial charge in [0.25, 0.3) is 0 Å². The van der Waals surface area contributed by atoms with Crippen molar-refractivity contribution >= 4 is 0 Å². The number of hydrogen-bond acceptors (Lipinski definition) is 4. The van der Waals surface area contributed by atoms with Crippen molar-refractivity contribution in [3.05, 3.63) is 29.8 Å². The fraction of sp³-hybridized carbons (Fsp3) is 0.632. The maximum absolute atomic E-state index is 9.77. The number of benzene rings is 1. The molecule has 124 valence electrons. The third-order valence-corrected chi connectivity index (χ3v) is 5.30. The molecule has 0 saturated heterocycles. The van der Waals surface area contributed by atoms with Crippen LogP contribution in [0, 0.1) is 16.7 Å². The summed E-state index contributed by atoms with van der Waals surface area (Å²) < 4.78 is 5.33. The van der Waals surface area contributed by atoms with Gasteiger partial charge >= 0.3 is 0 Å². The van der Waals surface area contributed by atoms with E-state index in [2.05, 4.69) is 23.1 Å². The molecule has 0 unspecified atom stereocenters. The number of hydrogen-bond donors (Lipinski definition) is 1. The molecule has 2 aliphatic rings. The smallest absolute Gasteiger partial charge is 0.119 e. The summed E-state index contributed by atoms with van der Waals surface area (Å²) >= 11 is 0. The summed E-state index contributed by atoms with van der Waals surface area (Å²) in [7, 11) is 1.69. The van der Waals surface area contributed by atoms with Crippen LogP contribution in [-0.2, 0) is 6.54 Å². The van der Waals surface area contributed by atoms with Gasteiger partial charge in [-0.1, -0.05) is 12.1 Å². The summed E-state index contributed by atoms with van der Waals surface area (Å²) in [5, 5.41) is 19.2. The Balaban J connectivity index is 1.73. The molecule has 4 nitrogen and oxygen atoms in total. The molecular weight excluding hydrogens is 288 g/mol. The average molecular weight is 314 g/mol. The van der Waals surface area contributed by atoms with E-state index in [-0.39, 0.29) is 11.5 Å². The molecule has 4 heteroatoms. The van der Waals surface area contributed by atoms with Crippen LogP contribution in [0.1, 0.15) is 44.1 Å². The Morgan fingerprint density at radius 2 is 2.04 bits per heavy atom. The first-order chi connectivity index (χ1) is 11.1. The van der Waals surface area contributed by atoms with Gasteiger partial charge in [-0.05, 0) is 56.2 Å². The van der Waals surface area contributed by atoms with Crippen LogP contribution in [0.4, 0.5) is 0 Å². The van der Waals surface area contributed by atoms with Crippen molar-refractivity contribution in [2.24, 2.45) is 5.41 Å². The summed E-state index contributed by atoms with van der Waals surface area (Å²) in [5.74, 6) is 0.878. The molecule has 1 aromatic carbocycles. The Labute approximate surface area is 138 Å². The molecule has 1 N–H and O–H groups in total. The summed E-state index contributed by atoms with van der Waals surface area (Å²) in [4.78, 5) is 2.47. The molecule has 1 aromatic rings. The van der Waals surface area contributed by atoms with Crippen molar-refractivity contribution in [3.8, 4) is 11.8 Å². The van der Waals surface area contributed by atoms with Gasteiger partial charge in [0.05, 0.1) is 24.7 Å². The van der Waals surface area contributed by atoms with E-state index in [9.17, 15) is 10.4 Å². The standard InChI is InChI=1S/C19H26N2O2/c1-23-18-4-2-3-15(11-18)12-21(14-19(13-20)9-10-19)16-5-7-17(22)8-6-16/h2-4,11,16-17,22H,5-10,12,14H2,1H3. The van der Waals surface area contributed by atoms with Crippen LogP contribution in [0.2, 0.25) is 0 Å². The van der Waals surface area contributed by atoms with Crippen LogP contribution in [-0.4, -0.2) is 35.8 Å². The predicted octanol–water partition coefficient (Wildman–Crippen LogP) is 3.10. The Morgan fingerprint density at radius 1 is 1.30 bits per heavy atom. The predicted molar refractivity (Wildman–Crippen MR) is 88.9 cm³/mol. The fourth-order valence-corrected chi connectivity index (χ4v) is 3.59. The highest BCUT2D eigenvalue weighted by atomic mass is 16.5.